The Kier molecular flexibility index (Phi) is 3.98. The van der Waals surface area contributed by atoms with E-state index >= 15 is 0 Å². The summed E-state index contributed by atoms with van der Waals surface area (Å²) in [4.78, 5) is 16.5. The van der Waals surface area contributed by atoms with E-state index in [0.29, 0.717) is 22.3 Å². The summed E-state index contributed by atoms with van der Waals surface area (Å²) < 4.78 is 5.87. The molecule has 2 rings (SSSR count). The van der Waals surface area contributed by atoms with Crippen LogP contribution in [0.3, 0.4) is 0 Å². The number of ether oxygens (including phenoxy) is 1. The van der Waals surface area contributed by atoms with E-state index in [1.165, 1.54) is 0 Å². The Morgan fingerprint density at radius 3 is 2.89 bits per heavy atom. The maximum absolute atomic E-state index is 11.8. The van der Waals surface area contributed by atoms with Gasteiger partial charge in [-0.1, -0.05) is 45.5 Å². The molecule has 0 spiro atoms. The van der Waals surface area contributed by atoms with Crippen molar-refractivity contribution in [1.82, 2.24) is 4.98 Å². The molecule has 0 aliphatic rings. The van der Waals surface area contributed by atoms with Crippen molar-refractivity contribution in [3.63, 3.8) is 0 Å². The zero-order valence-corrected chi connectivity index (χ0v) is 12.0. The fourth-order valence-corrected chi connectivity index (χ4v) is 2.72. The second-order valence-corrected chi connectivity index (χ2v) is 5.32. The van der Waals surface area contributed by atoms with Gasteiger partial charge in [0.25, 0.3) is 0 Å². The number of hydrogen-bond acceptors (Lipinski definition) is 5. The average molecular weight is 327 g/mol. The molecule has 0 saturated carbocycles. The summed E-state index contributed by atoms with van der Waals surface area (Å²) in [5, 5.41) is 0.351. The van der Waals surface area contributed by atoms with Gasteiger partial charge in [0.15, 0.2) is 5.13 Å². The predicted molar refractivity (Wildman–Crippen MR) is 75.6 cm³/mol. The van der Waals surface area contributed by atoms with E-state index in [1.54, 1.807) is 6.92 Å². The van der Waals surface area contributed by atoms with Crippen LogP contribution in [0.4, 0.5) is 5.13 Å². The highest BCUT2D eigenvalue weighted by atomic mass is 79.9. The molecule has 0 amide bonds. The largest absolute Gasteiger partial charge is 0.462 e. The molecule has 1 aromatic carbocycles. The lowest BCUT2D eigenvalue weighted by atomic mass is 10.1. The number of carbonyl (C=O) groups is 1. The van der Waals surface area contributed by atoms with E-state index in [9.17, 15) is 4.79 Å². The number of carbonyl (C=O) groups excluding carboxylic acids is 1. The first kappa shape index (κ1) is 13.0. The number of nitrogens with two attached hydrogens (primary N) is 1. The van der Waals surface area contributed by atoms with Crippen molar-refractivity contribution in [3.8, 4) is 11.3 Å². The lowest BCUT2D eigenvalue weighted by molar-refractivity contribution is 0.0532. The first-order valence-corrected chi connectivity index (χ1v) is 6.92. The first-order chi connectivity index (χ1) is 8.63. The quantitative estimate of drug-likeness (QED) is 0.878. The van der Waals surface area contributed by atoms with Crippen molar-refractivity contribution in [2.45, 2.75) is 6.92 Å². The predicted octanol–water partition coefficient (Wildman–Crippen LogP) is 3.33. The zero-order chi connectivity index (χ0) is 13.1. The topological polar surface area (TPSA) is 65.2 Å². The molecule has 2 aromatic rings. The summed E-state index contributed by atoms with van der Waals surface area (Å²) in [7, 11) is 0. The standard InChI is InChI=1S/C12H11BrN2O2S/c1-2-17-11(16)10-9(15-12(14)18-10)7-5-3-4-6-8(7)13/h3-6H,2H2,1H3,(H2,14,15). The number of rotatable bonds is 3. The SMILES string of the molecule is CCOC(=O)c1sc(N)nc1-c1ccccc1Br. The van der Waals surface area contributed by atoms with Crippen molar-refractivity contribution in [1.29, 1.82) is 0 Å². The van der Waals surface area contributed by atoms with Gasteiger partial charge in [-0.25, -0.2) is 9.78 Å². The van der Waals surface area contributed by atoms with E-state index in [2.05, 4.69) is 20.9 Å². The molecule has 0 radical (unpaired) electrons. The molecule has 0 fully saturated rings. The zero-order valence-electron chi connectivity index (χ0n) is 9.64. The summed E-state index contributed by atoms with van der Waals surface area (Å²) in [5.41, 5.74) is 7.07. The van der Waals surface area contributed by atoms with Crippen molar-refractivity contribution >= 4 is 38.4 Å². The number of nitrogens with zero attached hydrogens (tertiary/aromatic N) is 1. The fourth-order valence-electron chi connectivity index (χ4n) is 1.51. The Bertz CT molecular complexity index is 583. The van der Waals surface area contributed by atoms with Gasteiger partial charge in [0.1, 0.15) is 4.88 Å². The molecular formula is C12H11BrN2O2S. The molecule has 0 bridgehead atoms. The van der Waals surface area contributed by atoms with Crippen molar-refractivity contribution in [2.75, 3.05) is 12.3 Å². The molecule has 2 N–H and O–H groups in total. The molecule has 94 valence electrons. The number of halogens is 1. The minimum Gasteiger partial charge on any atom is -0.462 e. The number of benzene rings is 1. The normalized spacial score (nSPS) is 10.3. The van der Waals surface area contributed by atoms with Crippen LogP contribution >= 0.6 is 27.3 Å². The van der Waals surface area contributed by atoms with Gasteiger partial charge >= 0.3 is 5.97 Å². The fraction of sp³-hybridized carbons (Fsp3) is 0.167. The van der Waals surface area contributed by atoms with E-state index in [0.717, 1.165) is 21.4 Å². The van der Waals surface area contributed by atoms with Crippen molar-refractivity contribution < 1.29 is 9.53 Å². The first-order valence-electron chi connectivity index (χ1n) is 5.31. The summed E-state index contributed by atoms with van der Waals surface area (Å²) in [6.07, 6.45) is 0. The second kappa shape index (κ2) is 5.49. The number of hydrogen-bond donors (Lipinski definition) is 1. The smallest absolute Gasteiger partial charge is 0.350 e. The Morgan fingerprint density at radius 1 is 1.50 bits per heavy atom. The van der Waals surface area contributed by atoms with Crippen LogP contribution in [0.2, 0.25) is 0 Å². The monoisotopic (exact) mass is 326 g/mol. The summed E-state index contributed by atoms with van der Waals surface area (Å²) >= 11 is 4.57. The van der Waals surface area contributed by atoms with E-state index in [1.807, 2.05) is 24.3 Å². The van der Waals surface area contributed by atoms with Crippen molar-refractivity contribution in [2.24, 2.45) is 0 Å². The Hall–Kier alpha value is -1.40. The summed E-state index contributed by atoms with van der Waals surface area (Å²) in [5.74, 6) is -0.391. The lowest BCUT2D eigenvalue weighted by Gasteiger charge is -2.04. The molecule has 0 atom stereocenters. The van der Waals surface area contributed by atoms with Crippen LogP contribution in [-0.4, -0.2) is 17.6 Å². The van der Waals surface area contributed by atoms with Gasteiger partial charge in [0, 0.05) is 10.0 Å². The van der Waals surface area contributed by atoms with Gasteiger partial charge in [-0.15, -0.1) is 0 Å². The van der Waals surface area contributed by atoms with Crippen LogP contribution < -0.4 is 5.73 Å². The molecule has 0 aliphatic heterocycles. The number of anilines is 1. The Labute approximate surface area is 117 Å². The minimum atomic E-state index is -0.391. The lowest BCUT2D eigenvalue weighted by Crippen LogP contribution is -2.04. The molecule has 6 heteroatoms. The van der Waals surface area contributed by atoms with E-state index in [4.69, 9.17) is 10.5 Å². The van der Waals surface area contributed by atoms with Gasteiger partial charge in [-0.2, -0.15) is 0 Å². The van der Waals surface area contributed by atoms with Crippen LogP contribution in [-0.2, 0) is 4.74 Å². The maximum Gasteiger partial charge on any atom is 0.350 e. The molecule has 4 nitrogen and oxygen atoms in total. The third kappa shape index (κ3) is 2.54. The number of aromatic nitrogens is 1. The Balaban J connectivity index is 2.51. The Morgan fingerprint density at radius 2 is 2.22 bits per heavy atom. The number of nitrogen functional groups attached to an aromatic ring is 1. The van der Waals surface area contributed by atoms with Crippen LogP contribution in [0.1, 0.15) is 16.6 Å². The molecule has 1 aromatic heterocycles. The van der Waals surface area contributed by atoms with Crippen LogP contribution in [0.5, 0.6) is 0 Å². The summed E-state index contributed by atoms with van der Waals surface area (Å²) in [6, 6.07) is 7.54. The van der Waals surface area contributed by atoms with Gasteiger partial charge in [0.2, 0.25) is 0 Å². The van der Waals surface area contributed by atoms with Crippen molar-refractivity contribution in [3.05, 3.63) is 33.6 Å². The maximum atomic E-state index is 11.8. The van der Waals surface area contributed by atoms with Gasteiger partial charge in [-0.3, -0.25) is 0 Å². The average Bonchev–Trinajstić information content (AvgIpc) is 2.72. The number of esters is 1. The van der Waals surface area contributed by atoms with Crippen LogP contribution in [0.25, 0.3) is 11.3 Å². The van der Waals surface area contributed by atoms with Crippen LogP contribution in [0.15, 0.2) is 28.7 Å². The second-order valence-electron chi connectivity index (χ2n) is 3.43. The third-order valence-corrected chi connectivity index (χ3v) is 3.79. The molecule has 0 aliphatic carbocycles. The third-order valence-electron chi connectivity index (χ3n) is 2.23. The highest BCUT2D eigenvalue weighted by molar-refractivity contribution is 9.10. The molecule has 0 unspecified atom stereocenters. The van der Waals surface area contributed by atoms with Gasteiger partial charge in [0.05, 0.1) is 12.3 Å². The van der Waals surface area contributed by atoms with E-state index < -0.39 is 5.97 Å². The van der Waals surface area contributed by atoms with Crippen LogP contribution in [0, 0.1) is 0 Å². The minimum absolute atomic E-state index is 0.325. The molecule has 1 heterocycles. The highest BCUT2D eigenvalue weighted by Gasteiger charge is 2.20. The molecule has 18 heavy (non-hydrogen) atoms. The highest BCUT2D eigenvalue weighted by Crippen LogP contribution is 2.34. The van der Waals surface area contributed by atoms with Gasteiger partial charge < -0.3 is 10.5 Å². The number of thiazole rings is 1. The van der Waals surface area contributed by atoms with Gasteiger partial charge in [-0.05, 0) is 13.0 Å². The summed E-state index contributed by atoms with van der Waals surface area (Å²) in [6.45, 7) is 2.09. The molecule has 0 saturated heterocycles. The molecular weight excluding hydrogens is 316 g/mol. The van der Waals surface area contributed by atoms with E-state index in [-0.39, 0.29) is 0 Å².